The molecule has 0 aliphatic carbocycles. The van der Waals surface area contributed by atoms with Crippen LogP contribution in [0.1, 0.15) is 44.3 Å². The molecule has 7 heteroatoms. The van der Waals surface area contributed by atoms with E-state index in [9.17, 15) is 4.79 Å². The van der Waals surface area contributed by atoms with E-state index >= 15 is 0 Å². The van der Waals surface area contributed by atoms with Crippen molar-refractivity contribution in [1.82, 2.24) is 29.2 Å². The first-order chi connectivity index (χ1) is 13.2. The lowest BCUT2D eigenvalue weighted by Gasteiger charge is -2.40. The van der Waals surface area contributed by atoms with E-state index in [1.807, 2.05) is 34.5 Å². The van der Waals surface area contributed by atoms with Crippen molar-refractivity contribution in [3.8, 4) is 0 Å². The minimum absolute atomic E-state index is 0.209. The van der Waals surface area contributed by atoms with Gasteiger partial charge in [0.1, 0.15) is 5.82 Å². The fourth-order valence-electron chi connectivity index (χ4n) is 4.63. The maximum absolute atomic E-state index is 13.0. The number of H-pyrrole nitrogens is 1. The predicted octanol–water partition coefficient (Wildman–Crippen LogP) is 3.24. The summed E-state index contributed by atoms with van der Waals surface area (Å²) in [5.41, 5.74) is 2.92. The standard InChI is InChI=1S/C20H26N6O/c1-14-6-10-25(20(27)24-8-3-2-4-9-24)13-16(14)19-23-12-15-11-22-18-17(26(15)19)5-7-21-18/h5,7,11-12,14,16,21H,2-4,6,8-10,13H2,1H3. The van der Waals surface area contributed by atoms with Gasteiger partial charge >= 0.3 is 6.03 Å². The fraction of sp³-hybridized carbons (Fsp3) is 0.550. The van der Waals surface area contributed by atoms with Gasteiger partial charge in [0.05, 0.1) is 23.4 Å². The van der Waals surface area contributed by atoms with Gasteiger partial charge in [0.15, 0.2) is 5.65 Å². The molecule has 2 aliphatic rings. The molecule has 2 aliphatic heterocycles. The summed E-state index contributed by atoms with van der Waals surface area (Å²) in [6, 6.07) is 2.26. The molecule has 0 bridgehead atoms. The van der Waals surface area contributed by atoms with E-state index in [4.69, 9.17) is 4.98 Å². The quantitative estimate of drug-likeness (QED) is 0.719. The summed E-state index contributed by atoms with van der Waals surface area (Å²) < 4.78 is 2.20. The highest BCUT2D eigenvalue weighted by atomic mass is 16.2. The van der Waals surface area contributed by atoms with Crippen LogP contribution in [-0.4, -0.2) is 61.4 Å². The Morgan fingerprint density at radius 3 is 2.78 bits per heavy atom. The number of likely N-dealkylation sites (tertiary alicyclic amines) is 2. The first kappa shape index (κ1) is 16.6. The molecular formula is C20H26N6O. The maximum Gasteiger partial charge on any atom is 0.320 e. The number of nitrogens with zero attached hydrogens (tertiary/aromatic N) is 5. The second kappa shape index (κ2) is 6.55. The van der Waals surface area contributed by atoms with Crippen molar-refractivity contribution in [3.63, 3.8) is 0 Å². The van der Waals surface area contributed by atoms with Crippen LogP contribution in [0.3, 0.4) is 0 Å². The van der Waals surface area contributed by atoms with E-state index in [-0.39, 0.29) is 11.9 Å². The summed E-state index contributed by atoms with van der Waals surface area (Å²) in [6.45, 7) is 5.67. The van der Waals surface area contributed by atoms with Crippen LogP contribution in [0.15, 0.2) is 24.7 Å². The zero-order valence-electron chi connectivity index (χ0n) is 15.8. The second-order valence-corrected chi connectivity index (χ2v) is 8.00. The van der Waals surface area contributed by atoms with Gasteiger partial charge in [-0.3, -0.25) is 4.40 Å². The Morgan fingerprint density at radius 1 is 1.11 bits per heavy atom. The molecule has 0 radical (unpaired) electrons. The van der Waals surface area contributed by atoms with Gasteiger partial charge in [-0.2, -0.15) is 0 Å². The Balaban J connectivity index is 1.47. The number of amides is 2. The van der Waals surface area contributed by atoms with Crippen LogP contribution in [0, 0.1) is 5.92 Å². The van der Waals surface area contributed by atoms with Crippen molar-refractivity contribution in [2.45, 2.75) is 38.5 Å². The lowest BCUT2D eigenvalue weighted by Crippen LogP contribution is -2.50. The van der Waals surface area contributed by atoms with E-state index in [0.717, 1.165) is 67.9 Å². The van der Waals surface area contributed by atoms with Gasteiger partial charge in [-0.05, 0) is 37.7 Å². The van der Waals surface area contributed by atoms with E-state index in [1.54, 1.807) is 0 Å². The zero-order valence-corrected chi connectivity index (χ0v) is 15.8. The molecule has 7 nitrogen and oxygen atoms in total. The molecule has 1 N–H and O–H groups in total. The molecule has 0 aromatic carbocycles. The highest BCUT2D eigenvalue weighted by Gasteiger charge is 2.34. The molecule has 2 saturated heterocycles. The van der Waals surface area contributed by atoms with Crippen molar-refractivity contribution in [2.24, 2.45) is 5.92 Å². The lowest BCUT2D eigenvalue weighted by molar-refractivity contribution is 0.118. The molecule has 2 atom stereocenters. The Kier molecular flexibility index (Phi) is 4.02. The Morgan fingerprint density at radius 2 is 1.93 bits per heavy atom. The highest BCUT2D eigenvalue weighted by molar-refractivity contribution is 5.76. The van der Waals surface area contributed by atoms with Gasteiger partial charge in [0.2, 0.25) is 0 Å². The zero-order chi connectivity index (χ0) is 18.4. The van der Waals surface area contributed by atoms with Crippen LogP contribution in [0.25, 0.3) is 16.7 Å². The number of fused-ring (bicyclic) bond motifs is 3. The topological polar surface area (TPSA) is 69.5 Å². The third-order valence-corrected chi connectivity index (χ3v) is 6.27. The first-order valence-electron chi connectivity index (χ1n) is 10.1. The largest absolute Gasteiger partial charge is 0.345 e. The number of urea groups is 1. The van der Waals surface area contributed by atoms with Gasteiger partial charge in [0.25, 0.3) is 0 Å². The van der Waals surface area contributed by atoms with Crippen LogP contribution in [0.2, 0.25) is 0 Å². The fourth-order valence-corrected chi connectivity index (χ4v) is 4.63. The Bertz CT molecular complexity index is 969. The van der Waals surface area contributed by atoms with E-state index in [1.165, 1.54) is 6.42 Å². The molecule has 5 heterocycles. The number of rotatable bonds is 1. The first-order valence-corrected chi connectivity index (χ1v) is 10.1. The molecule has 2 amide bonds. The molecule has 3 aromatic heterocycles. The summed E-state index contributed by atoms with van der Waals surface area (Å²) in [7, 11) is 0. The molecule has 5 rings (SSSR count). The minimum atomic E-state index is 0.209. The predicted molar refractivity (Wildman–Crippen MR) is 104 cm³/mol. The smallest absolute Gasteiger partial charge is 0.320 e. The van der Waals surface area contributed by atoms with Crippen LogP contribution in [-0.2, 0) is 0 Å². The van der Waals surface area contributed by atoms with Crippen LogP contribution in [0.4, 0.5) is 4.79 Å². The number of imidazole rings is 1. The van der Waals surface area contributed by atoms with Crippen LogP contribution >= 0.6 is 0 Å². The molecule has 0 saturated carbocycles. The van der Waals surface area contributed by atoms with Crippen molar-refractivity contribution in [2.75, 3.05) is 26.2 Å². The average molecular weight is 366 g/mol. The van der Waals surface area contributed by atoms with Crippen molar-refractivity contribution in [1.29, 1.82) is 0 Å². The van der Waals surface area contributed by atoms with Gasteiger partial charge in [0, 0.05) is 38.3 Å². The molecule has 0 spiro atoms. The molecule has 2 fully saturated rings. The van der Waals surface area contributed by atoms with Gasteiger partial charge < -0.3 is 14.8 Å². The third kappa shape index (κ3) is 2.76. The number of carbonyl (C=O) groups excluding carboxylic acids is 1. The molecule has 142 valence electrons. The normalized spacial score (nSPS) is 24.0. The number of piperidine rings is 2. The summed E-state index contributed by atoms with van der Waals surface area (Å²) in [5, 5.41) is 0. The number of aromatic nitrogens is 4. The van der Waals surface area contributed by atoms with Crippen LogP contribution < -0.4 is 0 Å². The van der Waals surface area contributed by atoms with E-state index in [2.05, 4.69) is 21.3 Å². The SMILES string of the molecule is CC1CCN(C(=O)N2CCCCC2)CC1c1ncc2cnc3[nH]ccc3n12. The number of hydrogen-bond acceptors (Lipinski definition) is 3. The number of nitrogens with one attached hydrogen (secondary N) is 1. The van der Waals surface area contributed by atoms with Crippen molar-refractivity contribution < 1.29 is 4.79 Å². The third-order valence-electron chi connectivity index (χ3n) is 6.27. The molecule has 3 aromatic rings. The Hall–Kier alpha value is -2.57. The molecule has 2 unspecified atom stereocenters. The minimum Gasteiger partial charge on any atom is -0.345 e. The number of hydrogen-bond donors (Lipinski definition) is 1. The maximum atomic E-state index is 13.0. The summed E-state index contributed by atoms with van der Waals surface area (Å²) in [6.07, 6.45) is 10.2. The summed E-state index contributed by atoms with van der Waals surface area (Å²) in [4.78, 5) is 29.5. The van der Waals surface area contributed by atoms with E-state index in [0.29, 0.717) is 5.92 Å². The number of aromatic amines is 1. The summed E-state index contributed by atoms with van der Waals surface area (Å²) in [5.74, 6) is 1.76. The van der Waals surface area contributed by atoms with Crippen molar-refractivity contribution >= 4 is 22.7 Å². The lowest BCUT2D eigenvalue weighted by atomic mass is 9.86. The monoisotopic (exact) mass is 366 g/mol. The second-order valence-electron chi connectivity index (χ2n) is 8.00. The van der Waals surface area contributed by atoms with Gasteiger partial charge in [-0.15, -0.1) is 0 Å². The molecular weight excluding hydrogens is 340 g/mol. The summed E-state index contributed by atoms with van der Waals surface area (Å²) >= 11 is 0. The average Bonchev–Trinajstić information content (AvgIpc) is 3.35. The highest BCUT2D eigenvalue weighted by Crippen LogP contribution is 2.33. The molecule has 27 heavy (non-hydrogen) atoms. The van der Waals surface area contributed by atoms with Gasteiger partial charge in [-0.1, -0.05) is 6.92 Å². The van der Waals surface area contributed by atoms with E-state index < -0.39 is 0 Å². The van der Waals surface area contributed by atoms with Gasteiger partial charge in [-0.25, -0.2) is 14.8 Å². The van der Waals surface area contributed by atoms with Crippen LogP contribution in [0.5, 0.6) is 0 Å². The Labute approximate surface area is 158 Å². The van der Waals surface area contributed by atoms with Crippen molar-refractivity contribution in [3.05, 3.63) is 30.5 Å². The number of carbonyl (C=O) groups is 1.